The number of ether oxygens (including phenoxy) is 2. The van der Waals surface area contributed by atoms with E-state index in [1.54, 1.807) is 0 Å². The van der Waals surface area contributed by atoms with Gasteiger partial charge >= 0.3 is 0 Å². The zero-order valence-electron chi connectivity index (χ0n) is 21.3. The number of carbonyl (C=O) groups excluding carboxylic acids is 2. The molecule has 1 atom stereocenters. The van der Waals surface area contributed by atoms with Gasteiger partial charge in [-0.2, -0.15) is 0 Å². The molecule has 0 saturated carbocycles. The topological polar surface area (TPSA) is 74.4 Å². The molecule has 192 valence electrons. The van der Waals surface area contributed by atoms with Gasteiger partial charge in [-0.1, -0.05) is 24.3 Å². The molecule has 5 rings (SSSR count). The molecule has 36 heavy (non-hydrogen) atoms. The van der Waals surface area contributed by atoms with Gasteiger partial charge in [0.15, 0.2) is 11.5 Å². The fourth-order valence-electron chi connectivity index (χ4n) is 5.46. The Morgan fingerprint density at radius 2 is 1.56 bits per heavy atom. The molecule has 2 saturated heterocycles. The summed E-state index contributed by atoms with van der Waals surface area (Å²) in [5.74, 6) is 1.74. The van der Waals surface area contributed by atoms with Gasteiger partial charge in [0.1, 0.15) is 13.2 Å². The highest BCUT2D eigenvalue weighted by Gasteiger charge is 2.32. The number of hydrogen-bond donors (Lipinski definition) is 1. The average Bonchev–Trinajstić information content (AvgIpc) is 3.38. The number of aryl methyl sites for hydroxylation is 2. The lowest BCUT2D eigenvalue weighted by atomic mass is 10.0. The lowest BCUT2D eigenvalue weighted by Crippen LogP contribution is -2.51. The number of nitrogens with zero attached hydrogens (tertiary/aromatic N) is 3. The van der Waals surface area contributed by atoms with Crippen molar-refractivity contribution >= 4 is 17.5 Å². The third-order valence-electron chi connectivity index (χ3n) is 7.46. The fraction of sp³-hybridized carbons (Fsp3) is 0.500. The summed E-state index contributed by atoms with van der Waals surface area (Å²) in [5.41, 5.74) is 4.17. The summed E-state index contributed by atoms with van der Waals surface area (Å²) in [5, 5.41) is 3.07. The van der Waals surface area contributed by atoms with E-state index in [1.807, 2.05) is 49.1 Å². The number of nitrogens with one attached hydrogen (secondary N) is 1. The van der Waals surface area contributed by atoms with Crippen molar-refractivity contribution in [3.8, 4) is 11.5 Å². The number of hydrogen-bond acceptors (Lipinski definition) is 6. The second-order valence-corrected chi connectivity index (χ2v) is 10.0. The van der Waals surface area contributed by atoms with Gasteiger partial charge in [0.25, 0.3) is 0 Å². The van der Waals surface area contributed by atoms with Crippen molar-refractivity contribution in [2.24, 2.45) is 0 Å². The highest BCUT2D eigenvalue weighted by Crippen LogP contribution is 2.38. The summed E-state index contributed by atoms with van der Waals surface area (Å²) >= 11 is 0. The van der Waals surface area contributed by atoms with Gasteiger partial charge in [-0.3, -0.25) is 19.4 Å². The minimum absolute atomic E-state index is 0.0104. The molecule has 3 aliphatic rings. The predicted molar refractivity (Wildman–Crippen MR) is 139 cm³/mol. The SMILES string of the molecule is Cc1cccc(C)c1NC(=O)CN1CCN(CC(=O)N2CCC[C@H]2c2ccc3c(c2)OCCO3)CC1. The van der Waals surface area contributed by atoms with E-state index >= 15 is 0 Å². The molecule has 3 heterocycles. The molecule has 2 amide bonds. The van der Waals surface area contributed by atoms with E-state index in [4.69, 9.17) is 9.47 Å². The molecule has 0 bridgehead atoms. The molecular formula is C28H36N4O4. The number of carbonyl (C=O) groups is 2. The Bertz CT molecular complexity index is 1090. The van der Waals surface area contributed by atoms with Crippen LogP contribution in [0.3, 0.4) is 0 Å². The summed E-state index contributed by atoms with van der Waals surface area (Å²) in [7, 11) is 0. The minimum atomic E-state index is 0.0104. The Morgan fingerprint density at radius 1 is 0.889 bits per heavy atom. The Kier molecular flexibility index (Phi) is 7.43. The first-order chi connectivity index (χ1) is 17.5. The molecule has 2 aromatic carbocycles. The largest absolute Gasteiger partial charge is 0.486 e. The maximum Gasteiger partial charge on any atom is 0.238 e. The van der Waals surface area contributed by atoms with Crippen LogP contribution in [0.25, 0.3) is 0 Å². The van der Waals surface area contributed by atoms with Crippen LogP contribution in [-0.2, 0) is 9.59 Å². The quantitative estimate of drug-likeness (QED) is 0.668. The second kappa shape index (κ2) is 10.9. The summed E-state index contributed by atoms with van der Waals surface area (Å²) in [6.07, 6.45) is 1.97. The van der Waals surface area contributed by atoms with Crippen molar-refractivity contribution in [1.82, 2.24) is 14.7 Å². The highest BCUT2D eigenvalue weighted by atomic mass is 16.6. The molecular weight excluding hydrogens is 456 g/mol. The van der Waals surface area contributed by atoms with Crippen molar-refractivity contribution in [1.29, 1.82) is 0 Å². The third-order valence-corrected chi connectivity index (χ3v) is 7.46. The second-order valence-electron chi connectivity index (χ2n) is 10.0. The third kappa shape index (κ3) is 5.50. The Morgan fingerprint density at radius 3 is 2.28 bits per heavy atom. The molecule has 0 radical (unpaired) electrons. The van der Waals surface area contributed by atoms with Gasteiger partial charge in [-0.25, -0.2) is 0 Å². The molecule has 1 N–H and O–H groups in total. The van der Waals surface area contributed by atoms with E-state index in [-0.39, 0.29) is 17.9 Å². The van der Waals surface area contributed by atoms with Crippen LogP contribution < -0.4 is 14.8 Å². The number of para-hydroxylation sites is 1. The van der Waals surface area contributed by atoms with E-state index in [0.717, 1.165) is 79.4 Å². The van der Waals surface area contributed by atoms with Gasteiger partial charge in [-0.05, 0) is 55.5 Å². The standard InChI is InChI=1S/C28H36N4O4/c1-20-5-3-6-21(2)28(20)29-26(33)18-30-11-13-31(14-12-30)19-27(34)32-10-4-7-23(32)22-8-9-24-25(17-22)36-16-15-35-24/h3,5-6,8-9,17,23H,4,7,10-16,18-19H2,1-2H3,(H,29,33)/t23-/m0/s1. The molecule has 8 nitrogen and oxygen atoms in total. The predicted octanol–water partition coefficient (Wildman–Crippen LogP) is 2.99. The van der Waals surface area contributed by atoms with E-state index < -0.39 is 0 Å². The first-order valence-electron chi connectivity index (χ1n) is 13.0. The van der Waals surface area contributed by atoms with Gasteiger partial charge in [0.05, 0.1) is 19.1 Å². The maximum absolute atomic E-state index is 13.3. The van der Waals surface area contributed by atoms with Crippen molar-refractivity contribution in [3.05, 3.63) is 53.1 Å². The molecule has 0 aromatic heterocycles. The Labute approximate surface area is 213 Å². The first-order valence-corrected chi connectivity index (χ1v) is 13.0. The van der Waals surface area contributed by atoms with E-state index in [0.29, 0.717) is 26.3 Å². The van der Waals surface area contributed by atoms with E-state index in [2.05, 4.69) is 21.2 Å². The average molecular weight is 493 g/mol. The molecule has 2 aromatic rings. The minimum Gasteiger partial charge on any atom is -0.486 e. The zero-order valence-corrected chi connectivity index (χ0v) is 21.3. The van der Waals surface area contributed by atoms with Crippen LogP contribution >= 0.6 is 0 Å². The molecule has 0 spiro atoms. The molecule has 2 fully saturated rings. The van der Waals surface area contributed by atoms with Crippen molar-refractivity contribution in [2.45, 2.75) is 32.7 Å². The normalized spacial score (nSPS) is 20.4. The van der Waals surface area contributed by atoms with Crippen LogP contribution in [-0.4, -0.2) is 85.5 Å². The van der Waals surface area contributed by atoms with Gasteiger partial charge in [-0.15, -0.1) is 0 Å². The van der Waals surface area contributed by atoms with Crippen LogP contribution in [0.15, 0.2) is 36.4 Å². The smallest absolute Gasteiger partial charge is 0.238 e. The van der Waals surface area contributed by atoms with E-state index in [9.17, 15) is 9.59 Å². The highest BCUT2D eigenvalue weighted by molar-refractivity contribution is 5.93. The van der Waals surface area contributed by atoms with Crippen LogP contribution in [0.4, 0.5) is 5.69 Å². The number of anilines is 1. The number of rotatable bonds is 6. The summed E-state index contributed by atoms with van der Waals surface area (Å²) in [6.45, 7) is 9.85. The fourth-order valence-corrected chi connectivity index (χ4v) is 5.46. The number of piperazine rings is 1. The van der Waals surface area contributed by atoms with Crippen LogP contribution in [0.1, 0.15) is 35.6 Å². The number of benzene rings is 2. The van der Waals surface area contributed by atoms with Crippen LogP contribution in [0.2, 0.25) is 0 Å². The van der Waals surface area contributed by atoms with Gasteiger partial charge in [0.2, 0.25) is 11.8 Å². The Balaban J connectivity index is 1.11. The van der Waals surface area contributed by atoms with Crippen molar-refractivity contribution in [2.75, 3.05) is 64.3 Å². The lowest BCUT2D eigenvalue weighted by molar-refractivity contribution is -0.134. The zero-order chi connectivity index (χ0) is 25.1. The monoisotopic (exact) mass is 492 g/mol. The molecule has 0 aliphatic carbocycles. The lowest BCUT2D eigenvalue weighted by Gasteiger charge is -2.35. The summed E-state index contributed by atoms with van der Waals surface area (Å²) in [6, 6.07) is 12.2. The molecule has 3 aliphatic heterocycles. The summed E-state index contributed by atoms with van der Waals surface area (Å²) < 4.78 is 11.4. The number of likely N-dealkylation sites (tertiary alicyclic amines) is 1. The first kappa shape index (κ1) is 24.6. The summed E-state index contributed by atoms with van der Waals surface area (Å²) in [4.78, 5) is 32.3. The molecule has 0 unspecified atom stereocenters. The van der Waals surface area contributed by atoms with Gasteiger partial charge < -0.3 is 19.7 Å². The maximum atomic E-state index is 13.3. The van der Waals surface area contributed by atoms with Crippen LogP contribution in [0.5, 0.6) is 11.5 Å². The van der Waals surface area contributed by atoms with Crippen molar-refractivity contribution in [3.63, 3.8) is 0 Å². The van der Waals surface area contributed by atoms with Gasteiger partial charge in [0, 0.05) is 38.4 Å². The number of fused-ring (bicyclic) bond motifs is 1. The Hall–Kier alpha value is -3.10. The van der Waals surface area contributed by atoms with E-state index in [1.165, 1.54) is 0 Å². The number of amides is 2. The van der Waals surface area contributed by atoms with Crippen molar-refractivity contribution < 1.29 is 19.1 Å². The van der Waals surface area contributed by atoms with Crippen LogP contribution in [0, 0.1) is 13.8 Å². The molecule has 8 heteroatoms.